The van der Waals surface area contributed by atoms with E-state index in [0.29, 0.717) is 35.8 Å². The van der Waals surface area contributed by atoms with E-state index in [9.17, 15) is 9.59 Å². The third-order valence-corrected chi connectivity index (χ3v) is 4.28. The summed E-state index contributed by atoms with van der Waals surface area (Å²) in [5, 5.41) is 2.78. The maximum Gasteiger partial charge on any atom is 0.253 e. The van der Waals surface area contributed by atoms with Gasteiger partial charge in [0.25, 0.3) is 5.91 Å². The molecular formula is C22H26N2O4. The fourth-order valence-electron chi connectivity index (χ4n) is 2.73. The Bertz CT molecular complexity index is 857. The first-order chi connectivity index (χ1) is 13.5. The number of benzene rings is 2. The lowest BCUT2D eigenvalue weighted by atomic mass is 10.1. The number of rotatable bonds is 8. The minimum Gasteiger partial charge on any atom is -0.497 e. The Labute approximate surface area is 165 Å². The highest BCUT2D eigenvalue weighted by Crippen LogP contribution is 2.25. The van der Waals surface area contributed by atoms with Gasteiger partial charge >= 0.3 is 0 Å². The van der Waals surface area contributed by atoms with Crippen LogP contribution in [0.5, 0.6) is 11.5 Å². The highest BCUT2D eigenvalue weighted by atomic mass is 16.5. The molecule has 0 atom stereocenters. The molecule has 0 aliphatic carbocycles. The standard InChI is InChI=1S/C22H26N2O4/c1-5-24(6-2)22(26)17-8-7-9-18(14-17)23-21(25)13-11-16-10-12-19(27-3)15-20(16)28-4/h7-15H,5-6H2,1-4H3,(H,23,25)/b13-11+. The number of nitrogens with zero attached hydrogens (tertiary/aromatic N) is 1. The molecule has 0 bridgehead atoms. The van der Waals surface area contributed by atoms with Crippen molar-refractivity contribution < 1.29 is 19.1 Å². The molecule has 0 aliphatic heterocycles. The van der Waals surface area contributed by atoms with Gasteiger partial charge in [-0.1, -0.05) is 6.07 Å². The second kappa shape index (κ2) is 10.2. The van der Waals surface area contributed by atoms with Gasteiger partial charge in [-0.15, -0.1) is 0 Å². The van der Waals surface area contributed by atoms with Crippen LogP contribution in [0.4, 0.5) is 5.69 Å². The van der Waals surface area contributed by atoms with Crippen LogP contribution >= 0.6 is 0 Å². The molecule has 28 heavy (non-hydrogen) atoms. The molecule has 0 saturated carbocycles. The normalized spacial score (nSPS) is 10.6. The predicted molar refractivity (Wildman–Crippen MR) is 111 cm³/mol. The molecular weight excluding hydrogens is 356 g/mol. The lowest BCUT2D eigenvalue weighted by Crippen LogP contribution is -2.30. The molecule has 0 aliphatic rings. The number of ether oxygens (including phenoxy) is 2. The van der Waals surface area contributed by atoms with Gasteiger partial charge in [0.05, 0.1) is 14.2 Å². The van der Waals surface area contributed by atoms with E-state index in [1.54, 1.807) is 61.6 Å². The number of amides is 2. The molecule has 0 radical (unpaired) electrons. The lowest BCUT2D eigenvalue weighted by molar-refractivity contribution is -0.111. The van der Waals surface area contributed by atoms with Gasteiger partial charge in [0.15, 0.2) is 0 Å². The first-order valence-corrected chi connectivity index (χ1v) is 9.12. The zero-order valence-electron chi connectivity index (χ0n) is 16.7. The van der Waals surface area contributed by atoms with Crippen LogP contribution in [0.3, 0.4) is 0 Å². The van der Waals surface area contributed by atoms with E-state index in [-0.39, 0.29) is 11.8 Å². The Morgan fingerprint density at radius 3 is 2.43 bits per heavy atom. The summed E-state index contributed by atoms with van der Waals surface area (Å²) in [5.74, 6) is 0.924. The second-order valence-corrected chi connectivity index (χ2v) is 5.99. The predicted octanol–water partition coefficient (Wildman–Crippen LogP) is 3.84. The Morgan fingerprint density at radius 2 is 1.79 bits per heavy atom. The van der Waals surface area contributed by atoms with E-state index in [0.717, 1.165) is 5.56 Å². The molecule has 148 valence electrons. The molecule has 2 aromatic rings. The van der Waals surface area contributed by atoms with Crippen LogP contribution in [0.15, 0.2) is 48.5 Å². The summed E-state index contributed by atoms with van der Waals surface area (Å²) < 4.78 is 10.5. The molecule has 0 fully saturated rings. The molecule has 0 heterocycles. The number of nitrogens with one attached hydrogen (secondary N) is 1. The van der Waals surface area contributed by atoms with E-state index in [2.05, 4.69) is 5.32 Å². The van der Waals surface area contributed by atoms with Crippen molar-refractivity contribution in [3.8, 4) is 11.5 Å². The van der Waals surface area contributed by atoms with Crippen molar-refractivity contribution >= 4 is 23.6 Å². The van der Waals surface area contributed by atoms with Gasteiger partial charge in [-0.05, 0) is 50.3 Å². The van der Waals surface area contributed by atoms with Crippen LogP contribution < -0.4 is 14.8 Å². The largest absolute Gasteiger partial charge is 0.497 e. The minimum absolute atomic E-state index is 0.0559. The van der Waals surface area contributed by atoms with E-state index in [1.165, 1.54) is 6.08 Å². The molecule has 2 amide bonds. The zero-order chi connectivity index (χ0) is 20.5. The van der Waals surface area contributed by atoms with Crippen molar-refractivity contribution in [1.82, 2.24) is 4.90 Å². The van der Waals surface area contributed by atoms with Crippen LogP contribution in [0.2, 0.25) is 0 Å². The average molecular weight is 382 g/mol. The summed E-state index contributed by atoms with van der Waals surface area (Å²) in [6.07, 6.45) is 3.09. The SMILES string of the molecule is CCN(CC)C(=O)c1cccc(NC(=O)/C=C/c2ccc(OC)cc2OC)c1. The van der Waals surface area contributed by atoms with Crippen molar-refractivity contribution in [3.05, 3.63) is 59.7 Å². The van der Waals surface area contributed by atoms with Crippen LogP contribution in [0.1, 0.15) is 29.8 Å². The van der Waals surface area contributed by atoms with Gasteiger partial charge < -0.3 is 19.7 Å². The van der Waals surface area contributed by atoms with Crippen LogP contribution in [0.25, 0.3) is 6.08 Å². The fraction of sp³-hybridized carbons (Fsp3) is 0.273. The van der Waals surface area contributed by atoms with Crippen LogP contribution in [-0.4, -0.2) is 44.0 Å². The first-order valence-electron chi connectivity index (χ1n) is 9.12. The van der Waals surface area contributed by atoms with E-state index in [4.69, 9.17) is 9.47 Å². The smallest absolute Gasteiger partial charge is 0.253 e. The summed E-state index contributed by atoms with van der Waals surface area (Å²) in [6, 6.07) is 12.3. The van der Waals surface area contributed by atoms with Crippen molar-refractivity contribution in [2.75, 3.05) is 32.6 Å². The quantitative estimate of drug-likeness (QED) is 0.705. The Morgan fingerprint density at radius 1 is 1.04 bits per heavy atom. The summed E-state index contributed by atoms with van der Waals surface area (Å²) in [6.45, 7) is 5.15. The highest BCUT2D eigenvalue weighted by molar-refractivity contribution is 6.03. The van der Waals surface area contributed by atoms with Gasteiger partial charge in [0.2, 0.25) is 5.91 Å². The maximum atomic E-state index is 12.5. The van der Waals surface area contributed by atoms with Crippen molar-refractivity contribution in [2.24, 2.45) is 0 Å². The first kappa shape index (κ1) is 21.0. The second-order valence-electron chi connectivity index (χ2n) is 5.99. The molecule has 6 heteroatoms. The molecule has 0 aromatic heterocycles. The summed E-state index contributed by atoms with van der Waals surface area (Å²) in [5.41, 5.74) is 1.86. The topological polar surface area (TPSA) is 67.9 Å². The Hall–Kier alpha value is -3.28. The molecule has 0 spiro atoms. The average Bonchev–Trinajstić information content (AvgIpc) is 2.73. The molecule has 0 saturated heterocycles. The molecule has 6 nitrogen and oxygen atoms in total. The van der Waals surface area contributed by atoms with Gasteiger partial charge in [0.1, 0.15) is 11.5 Å². The molecule has 2 rings (SSSR count). The minimum atomic E-state index is -0.301. The molecule has 0 unspecified atom stereocenters. The van der Waals surface area contributed by atoms with E-state index in [1.807, 2.05) is 19.9 Å². The summed E-state index contributed by atoms with van der Waals surface area (Å²) in [4.78, 5) is 26.5. The third kappa shape index (κ3) is 5.36. The number of carbonyl (C=O) groups excluding carboxylic acids is 2. The highest BCUT2D eigenvalue weighted by Gasteiger charge is 2.13. The Balaban J connectivity index is 2.10. The fourth-order valence-corrected chi connectivity index (χ4v) is 2.73. The van der Waals surface area contributed by atoms with Gasteiger partial charge in [0, 0.05) is 42.0 Å². The Kier molecular flexibility index (Phi) is 7.63. The number of hydrogen-bond donors (Lipinski definition) is 1. The van der Waals surface area contributed by atoms with Gasteiger partial charge in [-0.3, -0.25) is 9.59 Å². The summed E-state index contributed by atoms with van der Waals surface area (Å²) >= 11 is 0. The van der Waals surface area contributed by atoms with E-state index < -0.39 is 0 Å². The lowest BCUT2D eigenvalue weighted by Gasteiger charge is -2.18. The van der Waals surface area contributed by atoms with Crippen molar-refractivity contribution in [3.63, 3.8) is 0 Å². The van der Waals surface area contributed by atoms with Crippen molar-refractivity contribution in [2.45, 2.75) is 13.8 Å². The summed E-state index contributed by atoms with van der Waals surface area (Å²) in [7, 11) is 3.14. The van der Waals surface area contributed by atoms with E-state index >= 15 is 0 Å². The van der Waals surface area contributed by atoms with Gasteiger partial charge in [-0.25, -0.2) is 0 Å². The molecule has 2 aromatic carbocycles. The zero-order valence-corrected chi connectivity index (χ0v) is 16.7. The third-order valence-electron chi connectivity index (χ3n) is 4.28. The van der Waals surface area contributed by atoms with Gasteiger partial charge in [-0.2, -0.15) is 0 Å². The van der Waals surface area contributed by atoms with Crippen molar-refractivity contribution in [1.29, 1.82) is 0 Å². The maximum absolute atomic E-state index is 12.5. The number of anilines is 1. The van der Waals surface area contributed by atoms with Crippen LogP contribution in [0, 0.1) is 0 Å². The molecule has 1 N–H and O–H groups in total. The van der Waals surface area contributed by atoms with Crippen LogP contribution in [-0.2, 0) is 4.79 Å². The number of carbonyl (C=O) groups is 2. The number of methoxy groups -OCH3 is 2. The monoisotopic (exact) mass is 382 g/mol. The number of hydrogen-bond acceptors (Lipinski definition) is 4.